The van der Waals surface area contributed by atoms with Crippen LogP contribution in [0.3, 0.4) is 0 Å². The molecule has 0 bridgehead atoms. The molecule has 0 aliphatic rings. The Bertz CT molecular complexity index is 335. The lowest BCUT2D eigenvalue weighted by Crippen LogP contribution is -1.72. The summed E-state index contributed by atoms with van der Waals surface area (Å²) in [5.41, 5.74) is 0.758. The first kappa shape index (κ1) is 10.5. The van der Waals surface area contributed by atoms with E-state index in [-0.39, 0.29) is 0 Å². The number of halogens is 3. The SMILES string of the molecule is S=C=Nc1c(Br)cc(Br)cc1Br. The van der Waals surface area contributed by atoms with Gasteiger partial charge in [-0.2, -0.15) is 4.99 Å². The number of nitrogens with zero attached hydrogens (tertiary/aromatic N) is 1. The highest BCUT2D eigenvalue weighted by Gasteiger charge is 2.04. The molecule has 1 nitrogen and oxygen atoms in total. The molecule has 0 N–H and O–H groups in total. The molecule has 0 atom stereocenters. The average Bonchev–Trinajstić information content (AvgIpc) is 1.96. The van der Waals surface area contributed by atoms with Gasteiger partial charge < -0.3 is 0 Å². The van der Waals surface area contributed by atoms with Crippen molar-refractivity contribution < 1.29 is 0 Å². The Hall–Kier alpha value is 0.460. The highest BCUT2D eigenvalue weighted by atomic mass is 79.9. The summed E-state index contributed by atoms with van der Waals surface area (Å²) < 4.78 is 2.73. The molecule has 0 fully saturated rings. The first-order chi connectivity index (χ1) is 5.65. The van der Waals surface area contributed by atoms with E-state index in [1.165, 1.54) is 0 Å². The molecule has 0 unspecified atom stereocenters. The summed E-state index contributed by atoms with van der Waals surface area (Å²) in [7, 11) is 0. The second-order valence-electron chi connectivity index (χ2n) is 1.92. The summed E-state index contributed by atoms with van der Waals surface area (Å²) in [4.78, 5) is 3.90. The zero-order valence-corrected chi connectivity index (χ0v) is 11.2. The first-order valence-electron chi connectivity index (χ1n) is 2.87. The molecule has 0 aliphatic carbocycles. The minimum absolute atomic E-state index is 0.758. The second-order valence-corrected chi connectivity index (χ2v) is 4.73. The van der Waals surface area contributed by atoms with Crippen molar-refractivity contribution in [2.45, 2.75) is 0 Å². The summed E-state index contributed by atoms with van der Waals surface area (Å²) >= 11 is 14.6. The molecule has 12 heavy (non-hydrogen) atoms. The summed E-state index contributed by atoms with van der Waals surface area (Å²) in [5, 5.41) is 2.32. The quantitative estimate of drug-likeness (QED) is 0.514. The number of aliphatic imine (C=N–C) groups is 1. The second kappa shape index (κ2) is 4.63. The minimum atomic E-state index is 0.758. The molecule has 0 spiro atoms. The molecule has 0 amide bonds. The van der Waals surface area contributed by atoms with Gasteiger partial charge in [-0.15, -0.1) is 0 Å². The Morgan fingerprint density at radius 1 is 1.17 bits per heavy atom. The molecule has 1 aromatic carbocycles. The molecule has 5 heteroatoms. The molecular weight excluding hydrogens is 370 g/mol. The Kier molecular flexibility index (Phi) is 4.06. The van der Waals surface area contributed by atoms with E-state index in [2.05, 4.69) is 70.2 Å². The van der Waals surface area contributed by atoms with Crippen LogP contribution < -0.4 is 0 Å². The summed E-state index contributed by atoms with van der Waals surface area (Å²) in [6.07, 6.45) is 0. The van der Waals surface area contributed by atoms with E-state index in [1.807, 2.05) is 12.1 Å². The lowest BCUT2D eigenvalue weighted by Gasteiger charge is -2.00. The fraction of sp³-hybridized carbons (Fsp3) is 0. The Morgan fingerprint density at radius 2 is 1.67 bits per heavy atom. The molecule has 1 rings (SSSR count). The van der Waals surface area contributed by atoms with Gasteiger partial charge in [0.25, 0.3) is 0 Å². The summed E-state index contributed by atoms with van der Waals surface area (Å²) in [5.74, 6) is 0. The highest BCUT2D eigenvalue weighted by Crippen LogP contribution is 2.36. The molecular formula is C7H2Br3NS. The van der Waals surface area contributed by atoms with E-state index in [0.717, 1.165) is 19.1 Å². The zero-order chi connectivity index (χ0) is 9.14. The maximum absolute atomic E-state index is 4.52. The normalized spacial score (nSPS) is 9.25. The van der Waals surface area contributed by atoms with Crippen molar-refractivity contribution in [1.29, 1.82) is 0 Å². The molecule has 0 saturated carbocycles. The highest BCUT2D eigenvalue weighted by molar-refractivity contribution is 9.11. The summed E-state index contributed by atoms with van der Waals surface area (Å²) in [6, 6.07) is 3.80. The van der Waals surface area contributed by atoms with Crippen LogP contribution in [0, 0.1) is 0 Å². The van der Waals surface area contributed by atoms with E-state index < -0.39 is 0 Å². The van der Waals surface area contributed by atoms with Gasteiger partial charge >= 0.3 is 0 Å². The number of hydrogen-bond donors (Lipinski definition) is 0. The van der Waals surface area contributed by atoms with Crippen LogP contribution in [-0.2, 0) is 0 Å². The van der Waals surface area contributed by atoms with Crippen LogP contribution in [0.1, 0.15) is 0 Å². The Balaban J connectivity index is 3.37. The van der Waals surface area contributed by atoms with Crippen molar-refractivity contribution in [2.24, 2.45) is 4.99 Å². The molecule has 1 aromatic rings. The van der Waals surface area contributed by atoms with E-state index >= 15 is 0 Å². The van der Waals surface area contributed by atoms with E-state index in [1.54, 1.807) is 0 Å². The van der Waals surface area contributed by atoms with Crippen molar-refractivity contribution in [3.05, 3.63) is 25.6 Å². The molecule has 0 aromatic heterocycles. The standard InChI is InChI=1S/C7H2Br3NS/c8-4-1-5(9)7(11-3-12)6(10)2-4/h1-2H. The number of thiocarbonyl (C=S) groups is 1. The predicted octanol–water partition coefficient (Wildman–Crippen LogP) is 4.71. The van der Waals surface area contributed by atoms with E-state index in [0.29, 0.717) is 0 Å². The third kappa shape index (κ3) is 2.47. The monoisotopic (exact) mass is 369 g/mol. The van der Waals surface area contributed by atoms with Crippen molar-refractivity contribution in [1.82, 2.24) is 0 Å². The molecule has 0 radical (unpaired) electrons. The largest absolute Gasteiger partial charge is 0.192 e. The Morgan fingerprint density at radius 3 is 2.08 bits per heavy atom. The lowest BCUT2D eigenvalue weighted by molar-refractivity contribution is 1.46. The van der Waals surface area contributed by atoms with Gasteiger partial charge in [-0.3, -0.25) is 0 Å². The van der Waals surface area contributed by atoms with Crippen LogP contribution in [0.15, 0.2) is 30.5 Å². The van der Waals surface area contributed by atoms with E-state index in [9.17, 15) is 0 Å². The van der Waals surface area contributed by atoms with Gasteiger partial charge in [0.2, 0.25) is 0 Å². The van der Waals surface area contributed by atoms with Crippen molar-refractivity contribution in [2.75, 3.05) is 0 Å². The number of hydrogen-bond acceptors (Lipinski definition) is 2. The summed E-state index contributed by atoms with van der Waals surface area (Å²) in [6.45, 7) is 0. The number of benzene rings is 1. The average molecular weight is 372 g/mol. The predicted molar refractivity (Wildman–Crippen MR) is 64.2 cm³/mol. The smallest absolute Gasteiger partial charge is 0.102 e. The number of isothiocyanates is 1. The van der Waals surface area contributed by atoms with Gasteiger partial charge in [0, 0.05) is 13.4 Å². The van der Waals surface area contributed by atoms with Crippen LogP contribution in [0.25, 0.3) is 0 Å². The van der Waals surface area contributed by atoms with Crippen LogP contribution >= 0.6 is 60.0 Å². The topological polar surface area (TPSA) is 12.4 Å². The molecule has 62 valence electrons. The first-order valence-corrected chi connectivity index (χ1v) is 5.66. The van der Waals surface area contributed by atoms with Crippen LogP contribution in [0.4, 0.5) is 5.69 Å². The van der Waals surface area contributed by atoms with Crippen LogP contribution in [-0.4, -0.2) is 5.16 Å². The van der Waals surface area contributed by atoms with Gasteiger partial charge in [-0.1, -0.05) is 15.9 Å². The van der Waals surface area contributed by atoms with Gasteiger partial charge in [-0.25, -0.2) is 0 Å². The van der Waals surface area contributed by atoms with Crippen LogP contribution in [0.2, 0.25) is 0 Å². The Labute approximate surface area is 101 Å². The van der Waals surface area contributed by atoms with Gasteiger partial charge in [0.05, 0.1) is 5.16 Å². The fourth-order valence-corrected chi connectivity index (χ4v) is 3.21. The zero-order valence-electron chi connectivity index (χ0n) is 5.64. The van der Waals surface area contributed by atoms with Gasteiger partial charge in [0.1, 0.15) is 5.69 Å². The lowest BCUT2D eigenvalue weighted by atomic mass is 10.3. The number of rotatable bonds is 1. The molecule has 0 aliphatic heterocycles. The van der Waals surface area contributed by atoms with E-state index in [4.69, 9.17) is 0 Å². The van der Waals surface area contributed by atoms with Gasteiger partial charge in [-0.05, 0) is 56.2 Å². The molecule has 0 saturated heterocycles. The minimum Gasteiger partial charge on any atom is -0.192 e. The van der Waals surface area contributed by atoms with Crippen LogP contribution in [0.5, 0.6) is 0 Å². The van der Waals surface area contributed by atoms with Crippen molar-refractivity contribution in [3.63, 3.8) is 0 Å². The van der Waals surface area contributed by atoms with Crippen molar-refractivity contribution in [3.8, 4) is 0 Å². The fourth-order valence-electron chi connectivity index (χ4n) is 0.687. The van der Waals surface area contributed by atoms with Gasteiger partial charge in [0.15, 0.2) is 0 Å². The third-order valence-corrected chi connectivity index (χ3v) is 2.90. The van der Waals surface area contributed by atoms with Crippen molar-refractivity contribution >= 4 is 70.9 Å². The maximum Gasteiger partial charge on any atom is 0.102 e. The third-order valence-electron chi connectivity index (χ3n) is 1.14. The maximum atomic E-state index is 4.52. The molecule has 0 heterocycles.